The second kappa shape index (κ2) is 5.29. The Morgan fingerprint density at radius 3 is 1.91 bits per heavy atom. The van der Waals surface area contributed by atoms with Crippen molar-refractivity contribution in [3.05, 3.63) is 47.5 Å². The summed E-state index contributed by atoms with van der Waals surface area (Å²) >= 11 is 0. The number of hydrogen-bond acceptors (Lipinski definition) is 3. The molecule has 0 aliphatic carbocycles. The number of hydrogen-bond donors (Lipinski definition) is 0. The molecule has 2 rings (SSSR count). The van der Waals surface area contributed by atoms with Gasteiger partial charge in [-0.15, -0.1) is 0 Å². The summed E-state index contributed by atoms with van der Waals surface area (Å²) in [7, 11) is 0. The van der Waals surface area contributed by atoms with Gasteiger partial charge >= 0.3 is 12.4 Å². The van der Waals surface area contributed by atoms with Gasteiger partial charge in [-0.2, -0.15) is 31.6 Å². The van der Waals surface area contributed by atoms with Crippen LogP contribution in [0.5, 0.6) is 0 Å². The molecule has 1 aromatic heterocycles. The summed E-state index contributed by atoms with van der Waals surface area (Å²) in [6, 6.07) is 4.06. The van der Waals surface area contributed by atoms with Gasteiger partial charge in [0.1, 0.15) is 0 Å². The summed E-state index contributed by atoms with van der Waals surface area (Å²) < 4.78 is 75.0. The fraction of sp³-hybridized carbons (Fsp3) is 0.154. The number of halogens is 6. The first kappa shape index (κ1) is 15.8. The molecule has 3 nitrogen and oxygen atoms in total. The van der Waals surface area contributed by atoms with Gasteiger partial charge in [-0.1, -0.05) is 6.07 Å². The lowest BCUT2D eigenvalue weighted by Crippen LogP contribution is -2.10. The van der Waals surface area contributed by atoms with Crippen molar-refractivity contribution >= 4 is 0 Å². The molecule has 0 radical (unpaired) electrons. The third-order valence-electron chi connectivity index (χ3n) is 2.68. The van der Waals surface area contributed by atoms with Crippen molar-refractivity contribution in [1.29, 1.82) is 5.26 Å². The van der Waals surface area contributed by atoms with Gasteiger partial charge in [-0.05, 0) is 17.7 Å². The summed E-state index contributed by atoms with van der Waals surface area (Å²) in [5.41, 5.74) is -1.58. The van der Waals surface area contributed by atoms with Crippen LogP contribution in [0, 0.1) is 11.3 Å². The number of aromatic nitrogens is 2. The molecule has 0 bridgehead atoms. The second-order valence-electron chi connectivity index (χ2n) is 4.16. The van der Waals surface area contributed by atoms with Crippen molar-refractivity contribution < 1.29 is 26.3 Å². The van der Waals surface area contributed by atoms with Crippen molar-refractivity contribution in [2.24, 2.45) is 0 Å². The lowest BCUT2D eigenvalue weighted by molar-refractivity contribution is -0.145. The molecule has 1 aromatic carbocycles. The molecule has 22 heavy (non-hydrogen) atoms. The average Bonchev–Trinajstić information content (AvgIpc) is 2.45. The molecule has 0 saturated carbocycles. The van der Waals surface area contributed by atoms with E-state index in [0.717, 1.165) is 24.5 Å². The quantitative estimate of drug-likeness (QED) is 0.746. The second-order valence-corrected chi connectivity index (χ2v) is 4.16. The third-order valence-corrected chi connectivity index (χ3v) is 2.68. The number of nitriles is 1. The molecular weight excluding hydrogens is 312 g/mol. The third kappa shape index (κ3) is 3.16. The van der Waals surface area contributed by atoms with Crippen LogP contribution in [-0.2, 0) is 12.4 Å². The molecule has 2 aromatic rings. The standard InChI is InChI=1S/C13H5F6N3/c14-12(15,16)10-2-1-7(3-8(10)4-20)9-5-21-11(22-6-9)13(17,18)19/h1-3,5-6H. The summed E-state index contributed by atoms with van der Waals surface area (Å²) in [4.78, 5) is 6.22. The number of alkyl halides is 6. The van der Waals surface area contributed by atoms with E-state index < -0.39 is 29.3 Å². The van der Waals surface area contributed by atoms with E-state index in [0.29, 0.717) is 6.07 Å². The van der Waals surface area contributed by atoms with Crippen LogP contribution in [0.25, 0.3) is 11.1 Å². The highest BCUT2D eigenvalue weighted by atomic mass is 19.4. The topological polar surface area (TPSA) is 49.6 Å². The maximum atomic E-state index is 12.7. The van der Waals surface area contributed by atoms with Gasteiger partial charge < -0.3 is 0 Å². The summed E-state index contributed by atoms with van der Waals surface area (Å²) in [6.45, 7) is 0. The van der Waals surface area contributed by atoms with E-state index >= 15 is 0 Å². The predicted octanol–water partition coefficient (Wildman–Crippen LogP) is 4.05. The van der Waals surface area contributed by atoms with Gasteiger partial charge in [0.2, 0.25) is 5.82 Å². The van der Waals surface area contributed by atoms with E-state index in [1.54, 1.807) is 0 Å². The Labute approximate surface area is 119 Å². The number of nitrogens with zero attached hydrogens (tertiary/aromatic N) is 3. The summed E-state index contributed by atoms with van der Waals surface area (Å²) in [5, 5.41) is 8.77. The fourth-order valence-electron chi connectivity index (χ4n) is 1.69. The normalized spacial score (nSPS) is 12.0. The van der Waals surface area contributed by atoms with Gasteiger partial charge in [0, 0.05) is 18.0 Å². The monoisotopic (exact) mass is 317 g/mol. The van der Waals surface area contributed by atoms with Crippen molar-refractivity contribution in [2.75, 3.05) is 0 Å². The van der Waals surface area contributed by atoms with Crippen LogP contribution in [0.3, 0.4) is 0 Å². The van der Waals surface area contributed by atoms with E-state index in [1.165, 1.54) is 6.07 Å². The summed E-state index contributed by atoms with van der Waals surface area (Å²) in [6.07, 6.45) is -7.74. The van der Waals surface area contributed by atoms with Crippen molar-refractivity contribution in [3.8, 4) is 17.2 Å². The highest BCUT2D eigenvalue weighted by Crippen LogP contribution is 2.34. The number of benzene rings is 1. The maximum absolute atomic E-state index is 12.7. The van der Waals surface area contributed by atoms with Crippen LogP contribution >= 0.6 is 0 Å². The number of rotatable bonds is 1. The Hall–Kier alpha value is -2.63. The molecule has 0 aliphatic rings. The molecular formula is C13H5F6N3. The van der Waals surface area contributed by atoms with Gasteiger partial charge in [0.05, 0.1) is 17.2 Å². The lowest BCUT2D eigenvalue weighted by Gasteiger charge is -2.10. The SMILES string of the molecule is N#Cc1cc(-c2cnc(C(F)(F)F)nc2)ccc1C(F)(F)F. The van der Waals surface area contributed by atoms with E-state index in [-0.39, 0.29) is 11.1 Å². The molecule has 0 amide bonds. The molecule has 0 saturated heterocycles. The molecule has 0 atom stereocenters. The van der Waals surface area contributed by atoms with E-state index in [2.05, 4.69) is 9.97 Å². The first-order valence-electron chi connectivity index (χ1n) is 5.64. The van der Waals surface area contributed by atoms with Crippen LogP contribution in [-0.4, -0.2) is 9.97 Å². The van der Waals surface area contributed by atoms with Crippen LogP contribution in [0.2, 0.25) is 0 Å². The van der Waals surface area contributed by atoms with Gasteiger partial charge in [0.15, 0.2) is 0 Å². The lowest BCUT2D eigenvalue weighted by atomic mass is 10.0. The smallest absolute Gasteiger partial charge is 0.232 e. The Morgan fingerprint density at radius 1 is 0.864 bits per heavy atom. The van der Waals surface area contributed by atoms with Gasteiger partial charge in [-0.25, -0.2) is 9.97 Å². The minimum absolute atomic E-state index is 0.0678. The molecule has 0 unspecified atom stereocenters. The Bertz CT molecular complexity index is 725. The first-order chi connectivity index (χ1) is 10.1. The largest absolute Gasteiger partial charge is 0.451 e. The van der Waals surface area contributed by atoms with E-state index in [1.807, 2.05) is 0 Å². The van der Waals surface area contributed by atoms with Crippen LogP contribution in [0.4, 0.5) is 26.3 Å². The fourth-order valence-corrected chi connectivity index (χ4v) is 1.69. The van der Waals surface area contributed by atoms with Crippen LogP contribution in [0.1, 0.15) is 17.0 Å². The van der Waals surface area contributed by atoms with Crippen molar-refractivity contribution in [3.63, 3.8) is 0 Å². The maximum Gasteiger partial charge on any atom is 0.451 e. The molecule has 0 N–H and O–H groups in total. The molecule has 0 spiro atoms. The van der Waals surface area contributed by atoms with Crippen molar-refractivity contribution in [2.45, 2.75) is 12.4 Å². The van der Waals surface area contributed by atoms with Crippen LogP contribution < -0.4 is 0 Å². The van der Waals surface area contributed by atoms with E-state index in [9.17, 15) is 26.3 Å². The molecule has 9 heteroatoms. The van der Waals surface area contributed by atoms with Crippen LogP contribution in [0.15, 0.2) is 30.6 Å². The van der Waals surface area contributed by atoms with Gasteiger partial charge in [-0.3, -0.25) is 0 Å². The van der Waals surface area contributed by atoms with Crippen molar-refractivity contribution in [1.82, 2.24) is 9.97 Å². The zero-order valence-corrected chi connectivity index (χ0v) is 10.5. The minimum atomic E-state index is -4.71. The molecule has 114 valence electrons. The Kier molecular flexibility index (Phi) is 3.79. The highest BCUT2D eigenvalue weighted by molar-refractivity contribution is 5.65. The van der Waals surface area contributed by atoms with E-state index in [4.69, 9.17) is 5.26 Å². The summed E-state index contributed by atoms with van der Waals surface area (Å²) in [5.74, 6) is -1.36. The molecule has 0 fully saturated rings. The molecule has 0 aliphatic heterocycles. The van der Waals surface area contributed by atoms with Gasteiger partial charge in [0.25, 0.3) is 0 Å². The first-order valence-corrected chi connectivity index (χ1v) is 5.64. The minimum Gasteiger partial charge on any atom is -0.232 e. The average molecular weight is 317 g/mol. The highest BCUT2D eigenvalue weighted by Gasteiger charge is 2.35. The predicted molar refractivity (Wildman–Crippen MR) is 62.2 cm³/mol. The molecule has 1 heterocycles. The Morgan fingerprint density at radius 2 is 1.45 bits per heavy atom. The zero-order valence-electron chi connectivity index (χ0n) is 10.5. The zero-order chi connectivity index (χ0) is 16.5. The Balaban J connectivity index is 2.45.